The fourth-order valence-electron chi connectivity index (χ4n) is 7.43. The molecule has 4 N–H and O–H groups in total. The minimum Gasteiger partial charge on any atom is -0.871 e. The van der Waals surface area contributed by atoms with E-state index >= 15 is 0 Å². The van der Waals surface area contributed by atoms with Gasteiger partial charge < -0.3 is 30.1 Å². The molecule has 0 radical (unpaired) electrons. The summed E-state index contributed by atoms with van der Waals surface area (Å²) in [4.78, 5) is 16.4. The summed E-state index contributed by atoms with van der Waals surface area (Å²) in [5, 5.41) is 58.8. The first-order chi connectivity index (χ1) is 35.2. The Morgan fingerprint density at radius 1 is 0.613 bits per heavy atom. The van der Waals surface area contributed by atoms with Crippen molar-refractivity contribution in [2.45, 2.75) is 37.5 Å². The fraction of sp³-hybridized carbons (Fsp3) is 0.115. The summed E-state index contributed by atoms with van der Waals surface area (Å²) < 4.78 is 77.0. The molecule has 0 fully saturated rings. The van der Waals surface area contributed by atoms with Gasteiger partial charge in [-0.3, -0.25) is 18.9 Å². The topological polar surface area (TPSA) is 284 Å². The number of carbonyl (C=O) groups excluding carboxylic acids is 1. The first-order valence-corrected chi connectivity index (χ1v) is 25.7. The van der Waals surface area contributed by atoms with Crippen LogP contribution in [-0.2, 0) is 20.2 Å². The van der Waals surface area contributed by atoms with Crippen LogP contribution in [0.5, 0.6) is 23.0 Å². The molecule has 8 aromatic carbocycles. The predicted octanol–water partition coefficient (Wildman–Crippen LogP) is 11.8. The minimum absolute atomic E-state index is 0. The molecule has 18 nitrogen and oxygen atoms in total. The Kier molecular flexibility index (Phi) is 19.3. The van der Waals surface area contributed by atoms with E-state index in [0.29, 0.717) is 51.9 Å². The van der Waals surface area contributed by atoms with Crippen LogP contribution < -0.4 is 25.0 Å². The van der Waals surface area contributed by atoms with E-state index in [0.717, 1.165) is 12.1 Å². The molecule has 0 bridgehead atoms. The third-order valence-electron chi connectivity index (χ3n) is 10.9. The van der Waals surface area contributed by atoms with Crippen LogP contribution in [0.3, 0.4) is 0 Å². The number of carbonyl (C=O) groups is 1. The molecule has 75 heavy (non-hydrogen) atoms. The minimum atomic E-state index is -4.57. The maximum atomic E-state index is 13.4. The van der Waals surface area contributed by atoms with Gasteiger partial charge in [0.05, 0.1) is 41.5 Å². The van der Waals surface area contributed by atoms with Crippen LogP contribution in [0.4, 0.5) is 34.1 Å². The largest absolute Gasteiger partial charge is 2.00 e. The third-order valence-corrected chi connectivity index (χ3v) is 13.3. The van der Waals surface area contributed by atoms with Crippen molar-refractivity contribution in [1.82, 2.24) is 0 Å². The van der Waals surface area contributed by atoms with E-state index < -0.39 is 53.3 Å². The fourth-order valence-corrected chi connectivity index (χ4v) is 9.52. The van der Waals surface area contributed by atoms with Gasteiger partial charge in [-0.15, -0.1) is 5.11 Å². The molecule has 0 aliphatic heterocycles. The number of azo groups is 2. The van der Waals surface area contributed by atoms with Crippen LogP contribution in [-0.4, -0.2) is 105 Å². The molecule has 0 aromatic heterocycles. The second kappa shape index (κ2) is 25.0. The molecule has 0 saturated heterocycles. The van der Waals surface area contributed by atoms with E-state index in [9.17, 15) is 46.1 Å². The smallest absolute Gasteiger partial charge is 0.871 e. The number of phenols is 1. The number of hydrogen-bond acceptors (Lipinski definition) is 15. The number of para-hydroxylation sites is 4. The summed E-state index contributed by atoms with van der Waals surface area (Å²) in [6.07, 6.45) is 0. The monoisotopic (exact) mass is 1210 g/mol. The third kappa shape index (κ3) is 13.7. The van der Waals surface area contributed by atoms with Crippen molar-refractivity contribution >= 4 is 160 Å². The number of amides is 1. The molecule has 0 unspecified atom stereocenters. The van der Waals surface area contributed by atoms with Crippen LogP contribution >= 0.6 is 23.2 Å². The van der Waals surface area contributed by atoms with Crippen molar-refractivity contribution in [3.8, 4) is 23.0 Å². The number of ether oxygens (including phenoxy) is 2. The molecular weight excluding hydrogens is 1170 g/mol. The number of nitrogens with zero attached hydrogens (tertiary/aromatic N) is 5. The van der Waals surface area contributed by atoms with Gasteiger partial charge in [-0.25, -0.2) is 0 Å². The van der Waals surface area contributed by atoms with E-state index in [2.05, 4.69) is 30.8 Å². The molecule has 8 aromatic rings. The Hall–Kier alpha value is -6.41. The summed E-state index contributed by atoms with van der Waals surface area (Å²) in [6.45, 7) is 7.25. The molecule has 0 heterocycles. The molecule has 0 aliphatic carbocycles. The second-order valence-electron chi connectivity index (χ2n) is 15.8. The standard InChI is InChI=1S/2C26H22ClN3O6S.Ba/c2*1-3-36-22-11-7-6-10-20(22)28-26(32)19-12-16-8-4-5-9-18(16)24(25(19)31)30-29-21-13-17(27)14-23(15(21)2)37(33,34)35;/h2*4-14,31H,3H2,1-2H3,(H,28,32)(H,33,34,35);/q;;+2/p-2. The zero-order valence-corrected chi connectivity index (χ0v) is 47.7. The Morgan fingerprint density at radius 2 is 1.07 bits per heavy atom. The number of benzene rings is 8. The van der Waals surface area contributed by atoms with Crippen LogP contribution in [0.15, 0.2) is 169 Å². The Bertz CT molecular complexity index is 3830. The second-order valence-corrected chi connectivity index (χ2v) is 19.5. The van der Waals surface area contributed by atoms with Crippen LogP contribution in [0.25, 0.3) is 21.5 Å². The Morgan fingerprint density at radius 3 is 1.61 bits per heavy atom. The summed E-state index contributed by atoms with van der Waals surface area (Å²) in [5.74, 6) is -1.64. The number of aliphatic imine (C=N–C) groups is 1. The van der Waals surface area contributed by atoms with Gasteiger partial charge in [0, 0.05) is 20.8 Å². The van der Waals surface area contributed by atoms with E-state index in [1.54, 1.807) is 104 Å². The first kappa shape index (κ1) is 57.9. The zero-order valence-electron chi connectivity index (χ0n) is 40.1. The quantitative estimate of drug-likeness (QED) is 0.0260. The van der Waals surface area contributed by atoms with Crippen molar-refractivity contribution < 1.29 is 55.5 Å². The average molecular weight is 1220 g/mol. The van der Waals surface area contributed by atoms with Crippen molar-refractivity contribution in [3.05, 3.63) is 166 Å². The van der Waals surface area contributed by atoms with Crippen molar-refractivity contribution in [1.29, 1.82) is 0 Å². The molecule has 0 spiro atoms. The van der Waals surface area contributed by atoms with Crippen LogP contribution in [0.2, 0.25) is 10.0 Å². The van der Waals surface area contributed by atoms with Gasteiger partial charge in [-0.1, -0.05) is 102 Å². The number of hydrogen-bond donors (Lipinski definition) is 4. The number of phenolic OH excluding ortho intramolecular Hbond substituents is 1. The summed E-state index contributed by atoms with van der Waals surface area (Å²) >= 11 is 12.0. The molecule has 23 heteroatoms. The Labute approximate surface area is 481 Å². The Balaban J connectivity index is 0.000000241. The van der Waals surface area contributed by atoms with Crippen molar-refractivity contribution in [3.63, 3.8) is 0 Å². The number of rotatable bonds is 14. The number of halogens is 2. The van der Waals surface area contributed by atoms with Gasteiger partial charge in [-0.2, -0.15) is 32.2 Å². The maximum absolute atomic E-state index is 13.4. The molecular formula is C52H42BaCl2N6O12S2. The van der Waals surface area contributed by atoms with Crippen molar-refractivity contribution in [2.75, 3.05) is 18.5 Å². The molecule has 380 valence electrons. The summed E-state index contributed by atoms with van der Waals surface area (Å²) in [7, 11) is -9.13. The van der Waals surface area contributed by atoms with Gasteiger partial charge >= 0.3 is 48.9 Å². The van der Waals surface area contributed by atoms with Gasteiger partial charge in [0.1, 0.15) is 32.7 Å². The van der Waals surface area contributed by atoms with Gasteiger partial charge in [-0.05, 0) is 122 Å². The molecule has 1 amide bonds. The number of fused-ring (bicyclic) bond motifs is 2. The first-order valence-electron chi connectivity index (χ1n) is 22.1. The average Bonchev–Trinajstić information content (AvgIpc) is 3.35. The van der Waals surface area contributed by atoms with Crippen LogP contribution in [0, 0.1) is 13.8 Å². The number of aromatic hydroxyl groups is 1. The molecule has 0 atom stereocenters. The van der Waals surface area contributed by atoms with Gasteiger partial charge in [0.15, 0.2) is 5.75 Å². The number of anilines is 1. The maximum Gasteiger partial charge on any atom is 2.00 e. The molecule has 0 saturated carbocycles. The molecule has 0 aliphatic rings. The summed E-state index contributed by atoms with van der Waals surface area (Å²) in [6, 6.07) is 35.2. The van der Waals surface area contributed by atoms with E-state index in [1.807, 2.05) is 6.92 Å². The SMILES string of the molecule is CCOc1ccccc1N=C([O-])c1cc2ccccc2c(N=Nc2cc(Cl)cc(S(=O)(=O)O)c2C)c1[O-].CCOc1ccccc1NC(=O)c1cc2ccccc2c(N=Nc2cc(Cl)cc(S(=O)(=O)O)c2C)c1O.[Ba+2]. The number of nitrogens with one attached hydrogen (secondary N) is 1. The van der Waals surface area contributed by atoms with E-state index in [4.69, 9.17) is 32.7 Å². The zero-order chi connectivity index (χ0) is 53.5. The van der Waals surface area contributed by atoms with E-state index in [-0.39, 0.29) is 110 Å². The molecule has 8 rings (SSSR count). The van der Waals surface area contributed by atoms with Crippen LogP contribution in [0.1, 0.15) is 40.9 Å². The van der Waals surface area contributed by atoms with E-state index in [1.165, 1.54) is 38.1 Å². The van der Waals surface area contributed by atoms with Gasteiger partial charge in [0.25, 0.3) is 26.1 Å². The predicted molar refractivity (Wildman–Crippen MR) is 284 cm³/mol. The van der Waals surface area contributed by atoms with Gasteiger partial charge in [0.2, 0.25) is 0 Å². The summed E-state index contributed by atoms with van der Waals surface area (Å²) in [5.41, 5.74) is 0.565. The van der Waals surface area contributed by atoms with Crippen molar-refractivity contribution in [2.24, 2.45) is 25.4 Å². The normalized spacial score (nSPS) is 11.9.